The molecule has 1 unspecified atom stereocenters. The lowest BCUT2D eigenvalue weighted by atomic mass is 10.0. The SMILES string of the molecule is CCOc1cc(C(=O)OC(C)C(=O)c2ccc(CC)cc2)c([N+](=O)[O-])cc1OC. The van der Waals surface area contributed by atoms with Crippen LogP contribution < -0.4 is 9.47 Å². The zero-order valence-corrected chi connectivity index (χ0v) is 16.8. The van der Waals surface area contributed by atoms with Crippen LogP contribution in [0.15, 0.2) is 36.4 Å². The summed E-state index contributed by atoms with van der Waals surface area (Å²) < 4.78 is 15.7. The Bertz CT molecular complexity index is 906. The van der Waals surface area contributed by atoms with Gasteiger partial charge in [-0.05, 0) is 25.8 Å². The molecule has 0 bridgehead atoms. The number of aryl methyl sites for hydroxylation is 1. The molecule has 8 nitrogen and oxygen atoms in total. The van der Waals surface area contributed by atoms with E-state index in [1.54, 1.807) is 19.1 Å². The quantitative estimate of drug-likeness (QED) is 0.271. The summed E-state index contributed by atoms with van der Waals surface area (Å²) in [6, 6.07) is 9.26. The maximum atomic E-state index is 12.6. The van der Waals surface area contributed by atoms with Crippen LogP contribution in [0.2, 0.25) is 0 Å². The van der Waals surface area contributed by atoms with Gasteiger partial charge in [0, 0.05) is 11.6 Å². The molecular weight excluding hydrogens is 378 g/mol. The summed E-state index contributed by atoms with van der Waals surface area (Å²) in [6.45, 7) is 5.42. The molecule has 2 aromatic carbocycles. The van der Waals surface area contributed by atoms with E-state index in [1.165, 1.54) is 20.1 Å². The van der Waals surface area contributed by atoms with Gasteiger partial charge in [0.2, 0.25) is 5.78 Å². The monoisotopic (exact) mass is 401 g/mol. The number of methoxy groups -OCH3 is 1. The van der Waals surface area contributed by atoms with Crippen molar-refractivity contribution < 1.29 is 28.7 Å². The number of nitro groups is 1. The van der Waals surface area contributed by atoms with Gasteiger partial charge >= 0.3 is 5.97 Å². The van der Waals surface area contributed by atoms with Crippen molar-refractivity contribution >= 4 is 17.4 Å². The highest BCUT2D eigenvalue weighted by molar-refractivity contribution is 6.02. The third kappa shape index (κ3) is 5.10. The van der Waals surface area contributed by atoms with Crippen molar-refractivity contribution in [1.29, 1.82) is 0 Å². The molecule has 2 aromatic rings. The van der Waals surface area contributed by atoms with E-state index in [0.29, 0.717) is 5.56 Å². The van der Waals surface area contributed by atoms with E-state index in [9.17, 15) is 19.7 Å². The minimum Gasteiger partial charge on any atom is -0.493 e. The molecule has 0 N–H and O–H groups in total. The molecule has 0 saturated carbocycles. The van der Waals surface area contributed by atoms with Gasteiger partial charge < -0.3 is 14.2 Å². The molecule has 0 aliphatic rings. The molecule has 29 heavy (non-hydrogen) atoms. The molecule has 0 heterocycles. The van der Waals surface area contributed by atoms with E-state index in [-0.39, 0.29) is 23.7 Å². The second-order valence-corrected chi connectivity index (χ2v) is 6.17. The number of nitrogens with zero attached hydrogens (tertiary/aromatic N) is 1. The second-order valence-electron chi connectivity index (χ2n) is 6.17. The van der Waals surface area contributed by atoms with Crippen LogP contribution in [-0.2, 0) is 11.2 Å². The lowest BCUT2D eigenvalue weighted by Gasteiger charge is -2.14. The molecule has 0 saturated heterocycles. The Hall–Kier alpha value is -3.42. The van der Waals surface area contributed by atoms with Crippen LogP contribution in [0.5, 0.6) is 11.5 Å². The maximum absolute atomic E-state index is 12.6. The Morgan fingerprint density at radius 1 is 1.10 bits per heavy atom. The van der Waals surface area contributed by atoms with Crippen molar-refractivity contribution in [3.8, 4) is 11.5 Å². The summed E-state index contributed by atoms with van der Waals surface area (Å²) in [5, 5.41) is 11.4. The van der Waals surface area contributed by atoms with Gasteiger partial charge in [-0.25, -0.2) is 4.79 Å². The van der Waals surface area contributed by atoms with Gasteiger partial charge in [0.15, 0.2) is 17.6 Å². The van der Waals surface area contributed by atoms with E-state index >= 15 is 0 Å². The number of esters is 1. The smallest absolute Gasteiger partial charge is 0.346 e. The first-order chi connectivity index (χ1) is 13.8. The van der Waals surface area contributed by atoms with E-state index in [1.807, 2.05) is 19.1 Å². The zero-order chi connectivity index (χ0) is 21.6. The lowest BCUT2D eigenvalue weighted by Crippen LogP contribution is -2.25. The maximum Gasteiger partial charge on any atom is 0.346 e. The van der Waals surface area contributed by atoms with Gasteiger partial charge in [-0.2, -0.15) is 0 Å². The molecule has 0 radical (unpaired) electrons. The highest BCUT2D eigenvalue weighted by atomic mass is 16.6. The summed E-state index contributed by atoms with van der Waals surface area (Å²) in [5.41, 5.74) is 0.646. The topological polar surface area (TPSA) is 105 Å². The van der Waals surface area contributed by atoms with Crippen molar-refractivity contribution in [2.24, 2.45) is 0 Å². The minimum atomic E-state index is -1.12. The van der Waals surface area contributed by atoms with Gasteiger partial charge in [-0.3, -0.25) is 14.9 Å². The van der Waals surface area contributed by atoms with Crippen LogP contribution in [0, 0.1) is 10.1 Å². The van der Waals surface area contributed by atoms with Gasteiger partial charge in [-0.15, -0.1) is 0 Å². The van der Waals surface area contributed by atoms with Crippen LogP contribution in [-0.4, -0.2) is 36.5 Å². The van der Waals surface area contributed by atoms with E-state index < -0.39 is 28.5 Å². The largest absolute Gasteiger partial charge is 0.493 e. The van der Waals surface area contributed by atoms with Gasteiger partial charge in [0.25, 0.3) is 5.69 Å². The fourth-order valence-corrected chi connectivity index (χ4v) is 2.71. The van der Waals surface area contributed by atoms with E-state index in [4.69, 9.17) is 14.2 Å². The van der Waals surface area contributed by atoms with Crippen LogP contribution in [0.3, 0.4) is 0 Å². The number of carbonyl (C=O) groups excluding carboxylic acids is 2. The number of hydrogen-bond acceptors (Lipinski definition) is 7. The van der Waals surface area contributed by atoms with Gasteiger partial charge in [0.05, 0.1) is 24.7 Å². The Kier molecular flexibility index (Phi) is 7.30. The van der Waals surface area contributed by atoms with Gasteiger partial charge in [0.1, 0.15) is 5.56 Å². The van der Waals surface area contributed by atoms with Crippen molar-refractivity contribution in [3.63, 3.8) is 0 Å². The molecule has 2 rings (SSSR count). The number of ether oxygens (including phenoxy) is 3. The third-order valence-electron chi connectivity index (χ3n) is 4.30. The zero-order valence-electron chi connectivity index (χ0n) is 16.8. The summed E-state index contributed by atoms with van der Waals surface area (Å²) >= 11 is 0. The number of hydrogen-bond donors (Lipinski definition) is 0. The molecule has 154 valence electrons. The fraction of sp³-hybridized carbons (Fsp3) is 0.333. The lowest BCUT2D eigenvalue weighted by molar-refractivity contribution is -0.385. The number of rotatable bonds is 9. The first kappa shape index (κ1) is 21.9. The Morgan fingerprint density at radius 3 is 2.28 bits per heavy atom. The van der Waals surface area contributed by atoms with Gasteiger partial charge in [-0.1, -0.05) is 31.2 Å². The number of carbonyl (C=O) groups is 2. The average Bonchev–Trinajstić information content (AvgIpc) is 2.72. The van der Waals surface area contributed by atoms with E-state index in [2.05, 4.69) is 0 Å². The highest BCUT2D eigenvalue weighted by Crippen LogP contribution is 2.35. The molecule has 1 atom stereocenters. The fourth-order valence-electron chi connectivity index (χ4n) is 2.71. The second kappa shape index (κ2) is 9.68. The predicted molar refractivity (Wildman–Crippen MR) is 106 cm³/mol. The summed E-state index contributed by atoms with van der Waals surface area (Å²) in [6.07, 6.45) is -0.283. The molecule has 0 fully saturated rings. The number of Topliss-reactive ketones (excluding diaryl/α,β-unsaturated/α-hetero) is 1. The summed E-state index contributed by atoms with van der Waals surface area (Å²) in [7, 11) is 1.34. The predicted octanol–water partition coefficient (Wildman–Crippen LogP) is 3.99. The van der Waals surface area contributed by atoms with Crippen molar-refractivity contribution in [1.82, 2.24) is 0 Å². The van der Waals surface area contributed by atoms with Crippen LogP contribution in [0.25, 0.3) is 0 Å². The van der Waals surface area contributed by atoms with E-state index in [0.717, 1.165) is 18.1 Å². The average molecular weight is 401 g/mol. The van der Waals surface area contributed by atoms with Crippen molar-refractivity contribution in [2.75, 3.05) is 13.7 Å². The number of nitro benzene ring substituents is 1. The molecular formula is C21H23NO7. The van der Waals surface area contributed by atoms with Crippen LogP contribution >= 0.6 is 0 Å². The number of benzene rings is 2. The summed E-state index contributed by atoms with van der Waals surface area (Å²) in [5.74, 6) is -1.11. The highest BCUT2D eigenvalue weighted by Gasteiger charge is 2.28. The Labute approximate surface area is 168 Å². The summed E-state index contributed by atoms with van der Waals surface area (Å²) in [4.78, 5) is 35.8. The first-order valence-electron chi connectivity index (χ1n) is 9.15. The minimum absolute atomic E-state index is 0.121. The Morgan fingerprint density at radius 2 is 1.76 bits per heavy atom. The molecule has 0 aliphatic heterocycles. The molecule has 0 aliphatic carbocycles. The van der Waals surface area contributed by atoms with Crippen LogP contribution in [0.1, 0.15) is 47.1 Å². The molecule has 8 heteroatoms. The van der Waals surface area contributed by atoms with Crippen LogP contribution in [0.4, 0.5) is 5.69 Å². The molecule has 0 spiro atoms. The van der Waals surface area contributed by atoms with Crippen molar-refractivity contribution in [2.45, 2.75) is 33.3 Å². The van der Waals surface area contributed by atoms with Crippen molar-refractivity contribution in [3.05, 3.63) is 63.2 Å². The first-order valence-corrected chi connectivity index (χ1v) is 9.15. The Balaban J connectivity index is 2.29. The number of ketones is 1. The molecule has 0 amide bonds. The molecule has 0 aromatic heterocycles. The normalized spacial score (nSPS) is 11.4. The third-order valence-corrected chi connectivity index (χ3v) is 4.30. The standard InChI is InChI=1S/C21H23NO7/c1-5-14-7-9-15(10-8-14)20(23)13(3)29-21(24)16-11-19(28-6-2)18(27-4)12-17(16)22(25)26/h7-13H,5-6H2,1-4H3.